The van der Waals surface area contributed by atoms with Crippen LogP contribution in [0.2, 0.25) is 0 Å². The fourth-order valence-electron chi connectivity index (χ4n) is 2.67. The van der Waals surface area contributed by atoms with E-state index < -0.39 is 41.3 Å². The van der Waals surface area contributed by atoms with Gasteiger partial charge in [-0.2, -0.15) is 13.2 Å². The van der Waals surface area contributed by atoms with Gasteiger partial charge in [0.15, 0.2) is 0 Å². The molecule has 0 spiro atoms. The van der Waals surface area contributed by atoms with E-state index in [4.69, 9.17) is 5.11 Å². The number of alkyl halides is 3. The Bertz CT molecular complexity index is 607. The zero-order chi connectivity index (χ0) is 17.2. The van der Waals surface area contributed by atoms with Crippen LogP contribution in [0.4, 0.5) is 23.2 Å². The quantitative estimate of drug-likeness (QED) is 0.830. The van der Waals surface area contributed by atoms with E-state index >= 15 is 0 Å². The number of rotatable bonds is 3. The first-order valence-electron chi connectivity index (χ1n) is 7.09. The van der Waals surface area contributed by atoms with Gasteiger partial charge < -0.3 is 10.4 Å². The predicted molar refractivity (Wildman–Crippen MR) is 73.1 cm³/mol. The lowest BCUT2D eigenvalue weighted by atomic mass is 9.81. The maximum Gasteiger partial charge on any atom is 0.419 e. The smallest absolute Gasteiger partial charge is 0.419 e. The highest BCUT2D eigenvalue weighted by atomic mass is 19.4. The summed E-state index contributed by atoms with van der Waals surface area (Å²) in [6.07, 6.45) is -3.42. The topological polar surface area (TPSA) is 66.4 Å². The van der Waals surface area contributed by atoms with E-state index in [9.17, 15) is 27.2 Å². The number of hydrogen-bond acceptors (Lipinski definition) is 2. The maximum absolute atomic E-state index is 13.2. The lowest BCUT2D eigenvalue weighted by molar-refractivity contribution is -0.143. The number of anilines is 1. The Kier molecular flexibility index (Phi) is 4.91. The van der Waals surface area contributed by atoms with Gasteiger partial charge in [0.1, 0.15) is 5.82 Å². The highest BCUT2D eigenvalue weighted by Gasteiger charge is 2.35. The Hall–Kier alpha value is -2.12. The largest absolute Gasteiger partial charge is 0.481 e. The van der Waals surface area contributed by atoms with Crippen LogP contribution in [0.5, 0.6) is 0 Å². The predicted octanol–water partition coefficient (Wildman–Crippen LogP) is 3.67. The van der Waals surface area contributed by atoms with Crippen LogP contribution in [-0.4, -0.2) is 17.0 Å². The van der Waals surface area contributed by atoms with E-state index in [2.05, 4.69) is 5.32 Å². The van der Waals surface area contributed by atoms with Crippen LogP contribution in [-0.2, 0) is 15.8 Å². The van der Waals surface area contributed by atoms with Crippen LogP contribution in [0.3, 0.4) is 0 Å². The number of carbonyl (C=O) groups excluding carboxylic acids is 1. The molecule has 1 aromatic carbocycles. The average Bonchev–Trinajstić information content (AvgIpc) is 2.48. The Morgan fingerprint density at radius 2 is 1.65 bits per heavy atom. The zero-order valence-electron chi connectivity index (χ0n) is 12.0. The molecule has 2 rings (SSSR count). The van der Waals surface area contributed by atoms with Gasteiger partial charge >= 0.3 is 12.1 Å². The maximum atomic E-state index is 13.2. The summed E-state index contributed by atoms with van der Waals surface area (Å²) < 4.78 is 51.1. The van der Waals surface area contributed by atoms with Crippen molar-refractivity contribution < 1.29 is 32.3 Å². The Balaban J connectivity index is 2.03. The number of aliphatic carboxylic acids is 1. The number of nitrogens with one attached hydrogen (secondary N) is 1. The van der Waals surface area contributed by atoms with E-state index in [1.807, 2.05) is 0 Å². The number of carbonyl (C=O) groups is 2. The Morgan fingerprint density at radius 3 is 2.17 bits per heavy atom. The van der Waals surface area contributed by atoms with Crippen molar-refractivity contribution in [2.75, 3.05) is 5.32 Å². The second-order valence-electron chi connectivity index (χ2n) is 5.57. The van der Waals surface area contributed by atoms with Gasteiger partial charge in [0, 0.05) is 11.6 Å². The van der Waals surface area contributed by atoms with E-state index in [0.29, 0.717) is 37.8 Å². The first-order chi connectivity index (χ1) is 10.7. The van der Waals surface area contributed by atoms with Crippen LogP contribution in [0.1, 0.15) is 31.2 Å². The first kappa shape index (κ1) is 17.2. The Morgan fingerprint density at radius 1 is 1.09 bits per heavy atom. The van der Waals surface area contributed by atoms with Gasteiger partial charge in [-0.3, -0.25) is 9.59 Å². The standard InChI is InChI=1S/C15H15F4NO3/c16-12-6-5-10(7-11(12)15(17,18)19)20-13(21)8-1-3-9(4-2-8)14(22)23/h5-9H,1-4H2,(H,20,21)(H,22,23). The minimum atomic E-state index is -4.84. The Labute approximate surface area is 129 Å². The number of amides is 1. The summed E-state index contributed by atoms with van der Waals surface area (Å²) >= 11 is 0. The van der Waals surface area contributed by atoms with Crippen molar-refractivity contribution in [3.8, 4) is 0 Å². The van der Waals surface area contributed by atoms with E-state index in [-0.39, 0.29) is 5.69 Å². The lowest BCUT2D eigenvalue weighted by Crippen LogP contribution is -2.29. The molecular formula is C15H15F4NO3. The van der Waals surface area contributed by atoms with Crippen molar-refractivity contribution in [1.29, 1.82) is 0 Å². The number of carboxylic acids is 1. The van der Waals surface area contributed by atoms with Crippen molar-refractivity contribution in [1.82, 2.24) is 0 Å². The molecule has 1 fully saturated rings. The monoisotopic (exact) mass is 333 g/mol. The fraction of sp³-hybridized carbons (Fsp3) is 0.467. The van der Waals surface area contributed by atoms with Gasteiger partial charge in [-0.05, 0) is 43.9 Å². The van der Waals surface area contributed by atoms with Crippen molar-refractivity contribution in [2.24, 2.45) is 11.8 Å². The normalized spacial score (nSPS) is 21.7. The molecule has 0 saturated heterocycles. The molecule has 0 heterocycles. The average molecular weight is 333 g/mol. The first-order valence-corrected chi connectivity index (χ1v) is 7.09. The molecule has 23 heavy (non-hydrogen) atoms. The molecule has 1 amide bonds. The van der Waals surface area contributed by atoms with Gasteiger partial charge in [0.05, 0.1) is 11.5 Å². The van der Waals surface area contributed by atoms with Gasteiger partial charge in [-0.15, -0.1) is 0 Å². The molecule has 4 nitrogen and oxygen atoms in total. The van der Waals surface area contributed by atoms with E-state index in [1.54, 1.807) is 0 Å². The van der Waals surface area contributed by atoms with Crippen LogP contribution >= 0.6 is 0 Å². The summed E-state index contributed by atoms with van der Waals surface area (Å²) in [7, 11) is 0. The van der Waals surface area contributed by atoms with Gasteiger partial charge in [-0.25, -0.2) is 4.39 Å². The van der Waals surface area contributed by atoms with Gasteiger partial charge in [0.25, 0.3) is 0 Å². The zero-order valence-corrected chi connectivity index (χ0v) is 12.0. The molecule has 0 bridgehead atoms. The van der Waals surface area contributed by atoms with Crippen LogP contribution in [0.15, 0.2) is 18.2 Å². The molecule has 126 valence electrons. The highest BCUT2D eigenvalue weighted by molar-refractivity contribution is 5.92. The molecule has 1 saturated carbocycles. The highest BCUT2D eigenvalue weighted by Crippen LogP contribution is 2.34. The number of benzene rings is 1. The van der Waals surface area contributed by atoms with Crippen molar-refractivity contribution in [2.45, 2.75) is 31.9 Å². The molecular weight excluding hydrogens is 318 g/mol. The minimum absolute atomic E-state index is 0.135. The third kappa shape index (κ3) is 4.20. The second-order valence-corrected chi connectivity index (χ2v) is 5.57. The molecule has 1 aromatic rings. The summed E-state index contributed by atoms with van der Waals surface area (Å²) in [5.41, 5.74) is -1.58. The summed E-state index contributed by atoms with van der Waals surface area (Å²) in [6.45, 7) is 0. The molecule has 0 aromatic heterocycles. The molecule has 1 aliphatic carbocycles. The molecule has 2 N–H and O–H groups in total. The fourth-order valence-corrected chi connectivity index (χ4v) is 2.67. The molecule has 1 aliphatic rings. The van der Waals surface area contributed by atoms with Crippen LogP contribution < -0.4 is 5.32 Å². The second kappa shape index (κ2) is 6.55. The SMILES string of the molecule is O=C(O)C1CCC(C(=O)Nc2ccc(F)c(C(F)(F)F)c2)CC1. The number of halogens is 4. The molecule has 0 atom stereocenters. The summed E-state index contributed by atoms with van der Waals surface area (Å²) in [6, 6.07) is 2.27. The lowest BCUT2D eigenvalue weighted by Gasteiger charge is -2.25. The van der Waals surface area contributed by atoms with Crippen molar-refractivity contribution in [3.63, 3.8) is 0 Å². The number of hydrogen-bond donors (Lipinski definition) is 2. The van der Waals surface area contributed by atoms with Gasteiger partial charge in [-0.1, -0.05) is 0 Å². The molecule has 0 unspecified atom stereocenters. The summed E-state index contributed by atoms with van der Waals surface area (Å²) in [5, 5.41) is 11.2. The minimum Gasteiger partial charge on any atom is -0.481 e. The van der Waals surface area contributed by atoms with E-state index in [0.717, 1.165) is 6.07 Å². The van der Waals surface area contributed by atoms with Crippen molar-refractivity contribution >= 4 is 17.6 Å². The molecule has 0 radical (unpaired) electrons. The van der Waals surface area contributed by atoms with Crippen LogP contribution in [0.25, 0.3) is 0 Å². The van der Waals surface area contributed by atoms with Crippen LogP contribution in [0, 0.1) is 17.7 Å². The summed E-state index contributed by atoms with van der Waals surface area (Å²) in [5.74, 6) is -3.73. The van der Waals surface area contributed by atoms with Gasteiger partial charge in [0.2, 0.25) is 5.91 Å². The number of carboxylic acid groups (broad SMARTS) is 1. The third-order valence-electron chi connectivity index (χ3n) is 3.99. The molecule has 0 aliphatic heterocycles. The molecule has 8 heteroatoms. The van der Waals surface area contributed by atoms with Crippen molar-refractivity contribution in [3.05, 3.63) is 29.6 Å². The summed E-state index contributed by atoms with van der Waals surface area (Å²) in [4.78, 5) is 22.9. The van der Waals surface area contributed by atoms with E-state index in [1.165, 1.54) is 0 Å². The third-order valence-corrected chi connectivity index (χ3v) is 3.99.